The van der Waals surface area contributed by atoms with Crippen LogP contribution in [-0.4, -0.2) is 21.8 Å². The van der Waals surface area contributed by atoms with E-state index in [9.17, 15) is 22.8 Å². The Labute approximate surface area is 203 Å². The predicted octanol–water partition coefficient (Wildman–Crippen LogP) is 6.37. The van der Waals surface area contributed by atoms with E-state index in [4.69, 9.17) is 4.74 Å². The number of amides is 1. The van der Waals surface area contributed by atoms with Gasteiger partial charge in [0.1, 0.15) is 6.61 Å². The van der Waals surface area contributed by atoms with Crippen LogP contribution in [0.5, 0.6) is 0 Å². The largest absolute Gasteiger partial charge is 0.455 e. The van der Waals surface area contributed by atoms with E-state index in [0.717, 1.165) is 44.8 Å². The van der Waals surface area contributed by atoms with Crippen LogP contribution in [0, 0.1) is 13.8 Å². The zero-order valence-corrected chi connectivity index (χ0v) is 19.8. The lowest BCUT2D eigenvalue weighted by molar-refractivity contribution is -0.137. The van der Waals surface area contributed by atoms with Gasteiger partial charge in [0.2, 0.25) is 5.91 Å². The number of aromatic nitrogens is 2. The van der Waals surface area contributed by atoms with E-state index in [-0.39, 0.29) is 17.4 Å². The lowest BCUT2D eigenvalue weighted by Gasteiger charge is -2.19. The van der Waals surface area contributed by atoms with E-state index < -0.39 is 23.6 Å². The molecule has 0 bridgehead atoms. The van der Waals surface area contributed by atoms with E-state index in [1.807, 2.05) is 25.1 Å². The van der Waals surface area contributed by atoms with Crippen molar-refractivity contribution in [3.05, 3.63) is 82.0 Å². The van der Waals surface area contributed by atoms with Crippen LogP contribution in [0.15, 0.2) is 53.9 Å². The molecule has 0 atom stereocenters. The van der Waals surface area contributed by atoms with Gasteiger partial charge in [-0.2, -0.15) is 13.2 Å². The Morgan fingerprint density at radius 2 is 1.83 bits per heavy atom. The minimum atomic E-state index is -4.55. The highest BCUT2D eigenvalue weighted by Gasteiger charge is 2.31. The maximum absolute atomic E-state index is 13.1. The number of pyridine rings is 1. The number of alkyl halides is 3. The van der Waals surface area contributed by atoms with Gasteiger partial charge < -0.3 is 4.74 Å². The minimum absolute atomic E-state index is 0.0402. The molecule has 35 heavy (non-hydrogen) atoms. The van der Waals surface area contributed by atoms with Crippen molar-refractivity contribution in [2.75, 3.05) is 4.90 Å². The maximum Gasteiger partial charge on any atom is 0.416 e. The molecule has 0 aliphatic heterocycles. The Morgan fingerprint density at radius 3 is 2.54 bits per heavy atom. The molecule has 2 heterocycles. The molecular weight excluding hydrogens is 479 g/mol. The van der Waals surface area contributed by atoms with Crippen LogP contribution < -0.4 is 4.90 Å². The number of nitrogens with zero attached hydrogens (tertiary/aromatic N) is 3. The molecule has 0 aliphatic carbocycles. The normalized spacial score (nSPS) is 11.5. The number of fused-ring (bicyclic) bond motifs is 1. The third-order valence-electron chi connectivity index (χ3n) is 5.21. The molecule has 180 valence electrons. The first-order chi connectivity index (χ1) is 16.5. The molecule has 4 aromatic rings. The predicted molar refractivity (Wildman–Crippen MR) is 127 cm³/mol. The van der Waals surface area contributed by atoms with Crippen molar-refractivity contribution < 1.29 is 27.5 Å². The number of esters is 1. The molecule has 0 unspecified atom stereocenters. The zero-order chi connectivity index (χ0) is 25.3. The number of thiazole rings is 1. The quantitative estimate of drug-likeness (QED) is 0.299. The highest BCUT2D eigenvalue weighted by atomic mass is 32.1. The van der Waals surface area contributed by atoms with Gasteiger partial charge in [0.15, 0.2) is 5.13 Å². The molecule has 1 amide bonds. The van der Waals surface area contributed by atoms with Crippen molar-refractivity contribution in [2.45, 2.75) is 33.6 Å². The summed E-state index contributed by atoms with van der Waals surface area (Å²) in [5.74, 6) is -1.08. The van der Waals surface area contributed by atoms with E-state index in [2.05, 4.69) is 9.97 Å². The highest BCUT2D eigenvalue weighted by molar-refractivity contribution is 7.14. The second-order valence-corrected chi connectivity index (χ2v) is 8.75. The van der Waals surface area contributed by atoms with E-state index in [0.29, 0.717) is 17.0 Å². The molecule has 0 spiro atoms. The summed E-state index contributed by atoms with van der Waals surface area (Å²) in [5, 5.41) is 2.57. The summed E-state index contributed by atoms with van der Waals surface area (Å²) < 4.78 is 44.8. The maximum atomic E-state index is 13.1. The number of aryl methyl sites for hydroxylation is 2. The Morgan fingerprint density at radius 1 is 1.06 bits per heavy atom. The van der Waals surface area contributed by atoms with Crippen molar-refractivity contribution in [1.29, 1.82) is 0 Å². The van der Waals surface area contributed by atoms with Crippen LogP contribution >= 0.6 is 11.3 Å². The Kier molecular flexibility index (Phi) is 6.58. The number of rotatable bonds is 5. The number of hydrogen-bond donors (Lipinski definition) is 0. The first-order valence-electron chi connectivity index (χ1n) is 10.5. The molecule has 6 nitrogen and oxygen atoms in total. The van der Waals surface area contributed by atoms with Crippen LogP contribution in [-0.2, 0) is 22.3 Å². The number of hydrogen-bond acceptors (Lipinski definition) is 6. The lowest BCUT2D eigenvalue weighted by Crippen LogP contribution is -2.23. The van der Waals surface area contributed by atoms with Crippen molar-refractivity contribution in [2.24, 2.45) is 0 Å². The highest BCUT2D eigenvalue weighted by Crippen LogP contribution is 2.35. The van der Waals surface area contributed by atoms with Gasteiger partial charge in [-0.25, -0.2) is 9.78 Å². The van der Waals surface area contributed by atoms with Gasteiger partial charge in [0.05, 0.1) is 33.7 Å². The summed E-state index contributed by atoms with van der Waals surface area (Å²) in [4.78, 5) is 34.8. The van der Waals surface area contributed by atoms with Crippen LogP contribution in [0.2, 0.25) is 0 Å². The number of halogens is 3. The van der Waals surface area contributed by atoms with Crippen molar-refractivity contribution >= 4 is 44.9 Å². The molecule has 4 rings (SSSR count). The zero-order valence-electron chi connectivity index (χ0n) is 19.0. The van der Waals surface area contributed by atoms with Crippen LogP contribution in [0.25, 0.3) is 10.9 Å². The molecule has 2 aromatic heterocycles. The monoisotopic (exact) mass is 499 g/mol. The van der Waals surface area contributed by atoms with Gasteiger partial charge in [0, 0.05) is 17.7 Å². The van der Waals surface area contributed by atoms with Crippen LogP contribution in [0.3, 0.4) is 0 Å². The summed E-state index contributed by atoms with van der Waals surface area (Å²) in [6, 6.07) is 11.9. The smallest absolute Gasteiger partial charge is 0.416 e. The van der Waals surface area contributed by atoms with Crippen LogP contribution in [0.1, 0.15) is 39.8 Å². The summed E-state index contributed by atoms with van der Waals surface area (Å²) in [6.07, 6.45) is -4.55. The lowest BCUT2D eigenvalue weighted by atomic mass is 10.1. The first-order valence-corrected chi connectivity index (χ1v) is 11.4. The van der Waals surface area contributed by atoms with Crippen molar-refractivity contribution in [3.63, 3.8) is 0 Å². The summed E-state index contributed by atoms with van der Waals surface area (Å²) in [7, 11) is 0. The molecule has 0 fully saturated rings. The second-order valence-electron chi connectivity index (χ2n) is 7.92. The van der Waals surface area contributed by atoms with E-state index in [1.54, 1.807) is 18.4 Å². The van der Waals surface area contributed by atoms with E-state index >= 15 is 0 Å². The fourth-order valence-corrected chi connectivity index (χ4v) is 4.40. The molecule has 2 aromatic carbocycles. The van der Waals surface area contributed by atoms with Gasteiger partial charge >= 0.3 is 12.1 Å². The summed E-state index contributed by atoms with van der Waals surface area (Å²) in [6.45, 7) is 4.73. The molecule has 0 saturated carbocycles. The molecule has 0 N–H and O–H groups in total. The Hall–Kier alpha value is -3.79. The van der Waals surface area contributed by atoms with Gasteiger partial charge in [-0.05, 0) is 50.2 Å². The minimum Gasteiger partial charge on any atom is -0.455 e. The number of anilines is 2. The standard InChI is InChI=1S/C25H20F3N3O3S/c1-14-7-8-22-17(9-14)10-21(15(2)29-22)23(33)34-12-19-13-35-24(30-19)31(16(3)32)20-6-4-5-18(11-20)25(26,27)28/h4-11,13H,12H2,1-3H3. The molecule has 0 aliphatic rings. The summed E-state index contributed by atoms with van der Waals surface area (Å²) >= 11 is 1.06. The number of benzene rings is 2. The Bertz CT molecular complexity index is 1430. The fourth-order valence-electron chi connectivity index (χ4n) is 3.53. The molecule has 0 radical (unpaired) electrons. The van der Waals surface area contributed by atoms with Crippen LogP contribution in [0.4, 0.5) is 24.0 Å². The van der Waals surface area contributed by atoms with Gasteiger partial charge in [-0.3, -0.25) is 14.7 Å². The Balaban J connectivity index is 1.53. The second kappa shape index (κ2) is 9.46. The van der Waals surface area contributed by atoms with Gasteiger partial charge in [-0.15, -0.1) is 11.3 Å². The van der Waals surface area contributed by atoms with Crippen molar-refractivity contribution in [3.8, 4) is 0 Å². The topological polar surface area (TPSA) is 72.4 Å². The molecule has 0 saturated heterocycles. The summed E-state index contributed by atoms with van der Waals surface area (Å²) in [5.41, 5.74) is 2.19. The molecular formula is C25H20F3N3O3S. The fraction of sp³-hybridized carbons (Fsp3) is 0.200. The molecule has 10 heteroatoms. The average molecular weight is 500 g/mol. The number of carbonyl (C=O) groups is 2. The van der Waals surface area contributed by atoms with Gasteiger partial charge in [0.25, 0.3) is 0 Å². The third-order valence-corrected chi connectivity index (χ3v) is 6.08. The van der Waals surface area contributed by atoms with Crippen molar-refractivity contribution in [1.82, 2.24) is 9.97 Å². The average Bonchev–Trinajstić information content (AvgIpc) is 3.25. The van der Waals surface area contributed by atoms with Gasteiger partial charge in [-0.1, -0.05) is 17.7 Å². The first kappa shape index (κ1) is 24.3. The van der Waals surface area contributed by atoms with E-state index in [1.165, 1.54) is 19.1 Å². The number of ether oxygens (including phenoxy) is 1. The SMILES string of the molecule is CC(=O)N(c1cccc(C(F)(F)F)c1)c1nc(COC(=O)c2cc3cc(C)ccc3nc2C)cs1. The third kappa shape index (κ3) is 5.32. The number of carbonyl (C=O) groups excluding carboxylic acids is 2.